The summed E-state index contributed by atoms with van der Waals surface area (Å²) >= 11 is 0. The highest BCUT2D eigenvalue weighted by Crippen LogP contribution is 2.32. The number of nitrogens with two attached hydrogens (primary N) is 1. The Morgan fingerprint density at radius 3 is 2.81 bits per heavy atom. The molecule has 1 aromatic heterocycles. The standard InChI is InChI=1S/C21H24N2O3/c1-4-6-20(17-12-23-18-10-9-14(22)11-16(17)18)26-21(24)15-7-5-8-19(25-3)13(15)2/h5,7-12,20,23H,4,6,22H2,1-3H3. The van der Waals surface area contributed by atoms with Gasteiger partial charge >= 0.3 is 5.97 Å². The van der Waals surface area contributed by atoms with Crippen molar-refractivity contribution in [3.63, 3.8) is 0 Å². The van der Waals surface area contributed by atoms with Gasteiger partial charge in [0.05, 0.1) is 12.7 Å². The van der Waals surface area contributed by atoms with Gasteiger partial charge in [0.2, 0.25) is 0 Å². The van der Waals surface area contributed by atoms with Gasteiger partial charge in [-0.3, -0.25) is 0 Å². The average molecular weight is 352 g/mol. The summed E-state index contributed by atoms with van der Waals surface area (Å²) in [7, 11) is 1.59. The number of aromatic nitrogens is 1. The maximum Gasteiger partial charge on any atom is 0.339 e. The van der Waals surface area contributed by atoms with E-state index >= 15 is 0 Å². The summed E-state index contributed by atoms with van der Waals surface area (Å²) in [6.07, 6.45) is 3.19. The van der Waals surface area contributed by atoms with Gasteiger partial charge in [0.1, 0.15) is 11.9 Å². The Balaban J connectivity index is 1.93. The van der Waals surface area contributed by atoms with Crippen molar-refractivity contribution in [2.75, 3.05) is 12.8 Å². The van der Waals surface area contributed by atoms with Crippen LogP contribution in [-0.2, 0) is 4.74 Å². The lowest BCUT2D eigenvalue weighted by molar-refractivity contribution is 0.0277. The third-order valence-electron chi connectivity index (χ3n) is 4.61. The number of fused-ring (bicyclic) bond motifs is 1. The number of rotatable bonds is 6. The molecule has 0 saturated heterocycles. The maximum absolute atomic E-state index is 12.8. The van der Waals surface area contributed by atoms with Crippen LogP contribution >= 0.6 is 0 Å². The van der Waals surface area contributed by atoms with Crippen molar-refractivity contribution in [3.8, 4) is 5.75 Å². The zero-order chi connectivity index (χ0) is 18.7. The minimum atomic E-state index is -0.349. The van der Waals surface area contributed by atoms with Gasteiger partial charge in [-0.1, -0.05) is 19.4 Å². The van der Waals surface area contributed by atoms with Crippen LogP contribution in [0.2, 0.25) is 0 Å². The predicted octanol–water partition coefficient (Wildman–Crippen LogP) is 4.77. The van der Waals surface area contributed by atoms with Crippen LogP contribution in [-0.4, -0.2) is 18.1 Å². The van der Waals surface area contributed by atoms with Crippen molar-refractivity contribution >= 4 is 22.6 Å². The van der Waals surface area contributed by atoms with E-state index < -0.39 is 0 Å². The van der Waals surface area contributed by atoms with E-state index in [2.05, 4.69) is 11.9 Å². The van der Waals surface area contributed by atoms with Crippen molar-refractivity contribution in [3.05, 3.63) is 59.3 Å². The second-order valence-electron chi connectivity index (χ2n) is 6.36. The molecule has 26 heavy (non-hydrogen) atoms. The van der Waals surface area contributed by atoms with Gasteiger partial charge in [-0.05, 0) is 43.7 Å². The molecule has 0 bridgehead atoms. The number of aromatic amines is 1. The van der Waals surface area contributed by atoms with Crippen molar-refractivity contribution in [1.29, 1.82) is 0 Å². The van der Waals surface area contributed by atoms with E-state index in [0.717, 1.165) is 34.9 Å². The zero-order valence-electron chi connectivity index (χ0n) is 15.3. The molecule has 3 aromatic rings. The Morgan fingerprint density at radius 2 is 2.08 bits per heavy atom. The van der Waals surface area contributed by atoms with Gasteiger partial charge in [-0.15, -0.1) is 0 Å². The first kappa shape index (κ1) is 17.9. The quantitative estimate of drug-likeness (QED) is 0.495. The number of ether oxygens (including phenoxy) is 2. The number of hydrogen-bond donors (Lipinski definition) is 2. The molecule has 0 aliphatic heterocycles. The van der Waals surface area contributed by atoms with Gasteiger partial charge in [0, 0.05) is 33.9 Å². The SMILES string of the molecule is CCCC(OC(=O)c1cccc(OC)c1C)c1c[nH]c2ccc(N)cc12. The van der Waals surface area contributed by atoms with Gasteiger partial charge in [-0.25, -0.2) is 4.79 Å². The maximum atomic E-state index is 12.8. The summed E-state index contributed by atoms with van der Waals surface area (Å²) in [5.41, 5.74) is 9.84. The summed E-state index contributed by atoms with van der Waals surface area (Å²) < 4.78 is 11.2. The summed E-state index contributed by atoms with van der Waals surface area (Å²) in [6.45, 7) is 3.93. The highest BCUT2D eigenvalue weighted by molar-refractivity contribution is 5.92. The van der Waals surface area contributed by atoms with E-state index in [1.807, 2.05) is 37.4 Å². The Bertz CT molecular complexity index is 930. The number of benzene rings is 2. The van der Waals surface area contributed by atoms with Crippen LogP contribution < -0.4 is 10.5 Å². The second kappa shape index (κ2) is 7.52. The molecule has 1 heterocycles. The van der Waals surface area contributed by atoms with Crippen LogP contribution in [0.1, 0.15) is 47.4 Å². The molecule has 136 valence electrons. The molecule has 0 aliphatic rings. The third kappa shape index (κ3) is 3.38. The van der Waals surface area contributed by atoms with E-state index in [4.69, 9.17) is 15.2 Å². The fourth-order valence-corrected chi connectivity index (χ4v) is 3.22. The van der Waals surface area contributed by atoms with Gasteiger partial charge in [-0.2, -0.15) is 0 Å². The molecule has 5 heteroatoms. The lowest BCUT2D eigenvalue weighted by atomic mass is 10.0. The normalized spacial score (nSPS) is 12.1. The predicted molar refractivity (Wildman–Crippen MR) is 104 cm³/mol. The molecule has 1 unspecified atom stereocenters. The number of nitrogens with one attached hydrogen (secondary N) is 1. The van der Waals surface area contributed by atoms with Crippen LogP contribution in [0, 0.1) is 6.92 Å². The molecule has 2 aromatic carbocycles. The molecule has 0 amide bonds. The summed E-state index contributed by atoms with van der Waals surface area (Å²) in [4.78, 5) is 16.0. The number of carbonyl (C=O) groups is 1. The molecule has 3 rings (SSSR count). The number of nitrogen functional groups attached to an aromatic ring is 1. The van der Waals surface area contributed by atoms with Crippen molar-refractivity contribution in [1.82, 2.24) is 4.98 Å². The molecule has 0 spiro atoms. The van der Waals surface area contributed by atoms with Gasteiger partial charge in [0.25, 0.3) is 0 Å². The minimum Gasteiger partial charge on any atom is -0.496 e. The number of esters is 1. The Labute approximate surface area is 153 Å². The fraction of sp³-hybridized carbons (Fsp3) is 0.286. The van der Waals surface area contributed by atoms with Gasteiger partial charge in [0.15, 0.2) is 0 Å². The molecular formula is C21H24N2O3. The minimum absolute atomic E-state index is 0.339. The molecule has 1 atom stereocenters. The first-order valence-electron chi connectivity index (χ1n) is 8.76. The van der Waals surface area contributed by atoms with Crippen molar-refractivity contribution < 1.29 is 14.3 Å². The molecular weight excluding hydrogens is 328 g/mol. The lowest BCUT2D eigenvalue weighted by Crippen LogP contribution is -2.13. The first-order chi connectivity index (χ1) is 12.5. The van der Waals surface area contributed by atoms with E-state index in [1.165, 1.54) is 0 Å². The largest absolute Gasteiger partial charge is 0.496 e. The summed E-state index contributed by atoms with van der Waals surface area (Å²) in [5, 5.41) is 0.985. The highest BCUT2D eigenvalue weighted by Gasteiger charge is 2.22. The summed E-state index contributed by atoms with van der Waals surface area (Å²) in [5.74, 6) is 0.324. The van der Waals surface area contributed by atoms with Crippen LogP contribution in [0.3, 0.4) is 0 Å². The monoisotopic (exact) mass is 352 g/mol. The van der Waals surface area contributed by atoms with E-state index in [-0.39, 0.29) is 12.1 Å². The second-order valence-corrected chi connectivity index (χ2v) is 6.36. The zero-order valence-corrected chi connectivity index (χ0v) is 15.3. The summed E-state index contributed by atoms with van der Waals surface area (Å²) in [6, 6.07) is 11.1. The molecule has 0 saturated carbocycles. The van der Waals surface area contributed by atoms with Crippen molar-refractivity contribution in [2.45, 2.75) is 32.8 Å². The van der Waals surface area contributed by atoms with E-state index in [9.17, 15) is 4.79 Å². The number of methoxy groups -OCH3 is 1. The average Bonchev–Trinajstić information content (AvgIpc) is 3.04. The Hall–Kier alpha value is -2.95. The topological polar surface area (TPSA) is 77.3 Å². The number of H-pyrrole nitrogens is 1. The van der Waals surface area contributed by atoms with Crippen LogP contribution in [0.15, 0.2) is 42.6 Å². The van der Waals surface area contributed by atoms with Crippen LogP contribution in [0.5, 0.6) is 5.75 Å². The number of anilines is 1. The molecule has 5 nitrogen and oxygen atoms in total. The van der Waals surface area contributed by atoms with Crippen LogP contribution in [0.4, 0.5) is 5.69 Å². The van der Waals surface area contributed by atoms with Gasteiger partial charge < -0.3 is 20.2 Å². The molecule has 0 aliphatic carbocycles. The molecule has 0 fully saturated rings. The highest BCUT2D eigenvalue weighted by atomic mass is 16.5. The number of hydrogen-bond acceptors (Lipinski definition) is 4. The molecule has 3 N–H and O–H groups in total. The number of carbonyl (C=O) groups excluding carboxylic acids is 1. The first-order valence-corrected chi connectivity index (χ1v) is 8.76. The smallest absolute Gasteiger partial charge is 0.339 e. The molecule has 0 radical (unpaired) electrons. The van der Waals surface area contributed by atoms with E-state index in [0.29, 0.717) is 17.0 Å². The van der Waals surface area contributed by atoms with Crippen LogP contribution in [0.25, 0.3) is 10.9 Å². The Morgan fingerprint density at radius 1 is 1.27 bits per heavy atom. The Kier molecular flexibility index (Phi) is 5.16. The van der Waals surface area contributed by atoms with Crippen molar-refractivity contribution in [2.24, 2.45) is 0 Å². The fourth-order valence-electron chi connectivity index (χ4n) is 3.22. The third-order valence-corrected chi connectivity index (χ3v) is 4.61. The lowest BCUT2D eigenvalue weighted by Gasteiger charge is -2.18. The van der Waals surface area contributed by atoms with E-state index in [1.54, 1.807) is 19.2 Å².